The molecule has 0 aromatic rings. The number of carbonyl (C=O) groups excluding carboxylic acids is 1. The predicted molar refractivity (Wildman–Crippen MR) is 49.2 cm³/mol. The van der Waals surface area contributed by atoms with Crippen molar-refractivity contribution in [3.8, 4) is 0 Å². The molecular formula is C10H18O3. The van der Waals surface area contributed by atoms with Crippen LogP contribution in [-0.2, 0) is 9.53 Å². The lowest BCUT2D eigenvalue weighted by Gasteiger charge is -2.16. The molecule has 1 rings (SSSR count). The first-order chi connectivity index (χ1) is 6.24. The van der Waals surface area contributed by atoms with Gasteiger partial charge in [-0.05, 0) is 25.2 Å². The zero-order valence-electron chi connectivity index (χ0n) is 8.16. The Morgan fingerprint density at radius 2 is 2.15 bits per heavy atom. The molecule has 0 heterocycles. The summed E-state index contributed by atoms with van der Waals surface area (Å²) in [6, 6.07) is 0. The molecular weight excluding hydrogens is 168 g/mol. The van der Waals surface area contributed by atoms with E-state index in [1.165, 1.54) is 20.0 Å². The Morgan fingerprint density at radius 1 is 1.54 bits per heavy atom. The van der Waals surface area contributed by atoms with Crippen LogP contribution in [0.2, 0.25) is 0 Å². The molecule has 0 amide bonds. The number of ether oxygens (including phenoxy) is 1. The predicted octanol–water partition coefficient (Wildman–Crippen LogP) is 1.49. The van der Waals surface area contributed by atoms with E-state index in [-0.39, 0.29) is 12.1 Å². The lowest BCUT2D eigenvalue weighted by Crippen LogP contribution is -2.19. The summed E-state index contributed by atoms with van der Waals surface area (Å²) in [4.78, 5) is 10.8. The second kappa shape index (κ2) is 5.22. The lowest BCUT2D eigenvalue weighted by atomic mass is 9.97. The van der Waals surface area contributed by atoms with Gasteiger partial charge in [-0.1, -0.05) is 12.8 Å². The molecule has 0 spiro atoms. The van der Waals surface area contributed by atoms with Crippen molar-refractivity contribution in [2.24, 2.45) is 5.92 Å². The number of aliphatic hydroxyl groups excluding tert-OH is 1. The van der Waals surface area contributed by atoms with Crippen molar-refractivity contribution in [1.29, 1.82) is 0 Å². The topological polar surface area (TPSA) is 46.5 Å². The third kappa shape index (κ3) is 3.35. The minimum atomic E-state index is -0.304. The lowest BCUT2D eigenvalue weighted by molar-refractivity contribution is -0.141. The Hall–Kier alpha value is -0.570. The quantitative estimate of drug-likeness (QED) is 0.677. The Morgan fingerprint density at radius 3 is 2.69 bits per heavy atom. The van der Waals surface area contributed by atoms with E-state index in [2.05, 4.69) is 4.74 Å². The van der Waals surface area contributed by atoms with E-state index in [4.69, 9.17) is 0 Å². The van der Waals surface area contributed by atoms with E-state index in [0.717, 1.165) is 12.8 Å². The fourth-order valence-corrected chi connectivity index (χ4v) is 1.95. The average Bonchev–Trinajstić information content (AvgIpc) is 2.66. The maximum absolute atomic E-state index is 10.8. The number of aliphatic hydroxyl groups is 1. The molecule has 1 fully saturated rings. The summed E-state index contributed by atoms with van der Waals surface area (Å²) in [6.07, 6.45) is 5.26. The summed E-state index contributed by atoms with van der Waals surface area (Å²) in [7, 11) is 1.38. The fraction of sp³-hybridized carbons (Fsp3) is 0.900. The number of methoxy groups -OCH3 is 1. The number of esters is 1. The molecule has 0 saturated heterocycles. The van der Waals surface area contributed by atoms with Gasteiger partial charge in [-0.25, -0.2) is 0 Å². The summed E-state index contributed by atoms with van der Waals surface area (Å²) >= 11 is 0. The number of hydrogen-bond acceptors (Lipinski definition) is 3. The zero-order valence-corrected chi connectivity index (χ0v) is 8.16. The summed E-state index contributed by atoms with van der Waals surface area (Å²) in [5.41, 5.74) is 0. The molecule has 1 atom stereocenters. The van der Waals surface area contributed by atoms with Crippen LogP contribution in [0.3, 0.4) is 0 Å². The summed E-state index contributed by atoms with van der Waals surface area (Å²) in [6.45, 7) is 0. The van der Waals surface area contributed by atoms with Crippen molar-refractivity contribution in [2.75, 3.05) is 7.11 Å². The van der Waals surface area contributed by atoms with Crippen LogP contribution >= 0.6 is 0 Å². The highest BCUT2D eigenvalue weighted by atomic mass is 16.5. The molecule has 1 N–H and O–H groups in total. The van der Waals surface area contributed by atoms with Gasteiger partial charge in [-0.2, -0.15) is 0 Å². The highest BCUT2D eigenvalue weighted by Gasteiger charge is 2.23. The summed E-state index contributed by atoms with van der Waals surface area (Å²) < 4.78 is 4.51. The third-order valence-electron chi connectivity index (χ3n) is 2.82. The van der Waals surface area contributed by atoms with Gasteiger partial charge in [-0.3, -0.25) is 4.79 Å². The van der Waals surface area contributed by atoms with Crippen molar-refractivity contribution in [1.82, 2.24) is 0 Å². The summed E-state index contributed by atoms with van der Waals surface area (Å²) in [5, 5.41) is 9.69. The fourth-order valence-electron chi connectivity index (χ4n) is 1.95. The second-order valence-electron chi connectivity index (χ2n) is 3.73. The maximum atomic E-state index is 10.8. The third-order valence-corrected chi connectivity index (χ3v) is 2.82. The largest absolute Gasteiger partial charge is 0.469 e. The van der Waals surface area contributed by atoms with Gasteiger partial charge in [0.15, 0.2) is 0 Å². The van der Waals surface area contributed by atoms with Crippen LogP contribution in [0.15, 0.2) is 0 Å². The second-order valence-corrected chi connectivity index (χ2v) is 3.73. The van der Waals surface area contributed by atoms with Crippen molar-refractivity contribution < 1.29 is 14.6 Å². The minimum absolute atomic E-state index is 0.225. The first kappa shape index (κ1) is 10.5. The number of carbonyl (C=O) groups is 1. The molecule has 0 aromatic heterocycles. The molecule has 0 radical (unpaired) electrons. The van der Waals surface area contributed by atoms with Crippen LogP contribution in [0.5, 0.6) is 0 Å². The molecule has 0 aromatic carbocycles. The highest BCUT2D eigenvalue weighted by molar-refractivity contribution is 5.69. The molecule has 3 heteroatoms. The van der Waals surface area contributed by atoms with Crippen LogP contribution in [0, 0.1) is 5.92 Å². The average molecular weight is 186 g/mol. The van der Waals surface area contributed by atoms with Gasteiger partial charge >= 0.3 is 5.97 Å². The molecule has 3 nitrogen and oxygen atoms in total. The molecule has 0 aliphatic heterocycles. The Bertz CT molecular complexity index is 162. The molecule has 76 valence electrons. The Labute approximate surface area is 79.1 Å². The Balaban J connectivity index is 2.16. The van der Waals surface area contributed by atoms with Crippen LogP contribution < -0.4 is 0 Å². The zero-order chi connectivity index (χ0) is 9.68. The van der Waals surface area contributed by atoms with Crippen LogP contribution in [0.4, 0.5) is 0 Å². The highest BCUT2D eigenvalue weighted by Crippen LogP contribution is 2.29. The molecule has 1 aliphatic carbocycles. The van der Waals surface area contributed by atoms with Gasteiger partial charge in [-0.15, -0.1) is 0 Å². The molecule has 0 bridgehead atoms. The van der Waals surface area contributed by atoms with Crippen LogP contribution in [-0.4, -0.2) is 24.3 Å². The normalized spacial score (nSPS) is 20.2. The smallest absolute Gasteiger partial charge is 0.305 e. The van der Waals surface area contributed by atoms with Gasteiger partial charge in [0, 0.05) is 6.42 Å². The van der Waals surface area contributed by atoms with Gasteiger partial charge in [0.2, 0.25) is 0 Å². The number of hydrogen-bond donors (Lipinski definition) is 1. The van der Waals surface area contributed by atoms with Gasteiger partial charge < -0.3 is 9.84 Å². The van der Waals surface area contributed by atoms with E-state index in [1.54, 1.807) is 0 Å². The standard InChI is InChI=1S/C10H18O3/c1-13-10(12)7-6-9(11)8-4-2-3-5-8/h8-9,11H,2-7H2,1H3. The first-order valence-electron chi connectivity index (χ1n) is 4.99. The summed E-state index contributed by atoms with van der Waals surface area (Å²) in [5.74, 6) is 0.196. The van der Waals surface area contributed by atoms with Crippen LogP contribution in [0.25, 0.3) is 0 Å². The van der Waals surface area contributed by atoms with E-state index in [9.17, 15) is 9.90 Å². The van der Waals surface area contributed by atoms with Gasteiger partial charge in [0.25, 0.3) is 0 Å². The molecule has 1 saturated carbocycles. The van der Waals surface area contributed by atoms with Crippen molar-refractivity contribution >= 4 is 5.97 Å². The molecule has 13 heavy (non-hydrogen) atoms. The van der Waals surface area contributed by atoms with E-state index in [1.807, 2.05) is 0 Å². The van der Waals surface area contributed by atoms with Crippen LogP contribution in [0.1, 0.15) is 38.5 Å². The van der Waals surface area contributed by atoms with Crippen molar-refractivity contribution in [3.05, 3.63) is 0 Å². The van der Waals surface area contributed by atoms with Gasteiger partial charge in [0.1, 0.15) is 0 Å². The Kier molecular flexibility index (Phi) is 4.22. The monoisotopic (exact) mass is 186 g/mol. The van der Waals surface area contributed by atoms with E-state index < -0.39 is 0 Å². The van der Waals surface area contributed by atoms with E-state index >= 15 is 0 Å². The van der Waals surface area contributed by atoms with E-state index in [0.29, 0.717) is 18.8 Å². The minimum Gasteiger partial charge on any atom is -0.469 e. The molecule has 1 aliphatic rings. The van der Waals surface area contributed by atoms with Crippen molar-refractivity contribution in [2.45, 2.75) is 44.6 Å². The first-order valence-corrected chi connectivity index (χ1v) is 4.99. The van der Waals surface area contributed by atoms with Crippen molar-refractivity contribution in [3.63, 3.8) is 0 Å². The van der Waals surface area contributed by atoms with Gasteiger partial charge in [0.05, 0.1) is 13.2 Å². The number of rotatable bonds is 4. The SMILES string of the molecule is COC(=O)CCC(O)C1CCCC1. The molecule has 1 unspecified atom stereocenters. The maximum Gasteiger partial charge on any atom is 0.305 e.